The fourth-order valence-electron chi connectivity index (χ4n) is 3.62. The number of benzene rings is 2. The van der Waals surface area contributed by atoms with Crippen LogP contribution in [0.4, 0.5) is 11.4 Å². The van der Waals surface area contributed by atoms with Gasteiger partial charge in [-0.3, -0.25) is 15.1 Å². The van der Waals surface area contributed by atoms with Gasteiger partial charge in [0.05, 0.1) is 16.3 Å². The van der Waals surface area contributed by atoms with E-state index in [0.717, 1.165) is 34.6 Å². The van der Waals surface area contributed by atoms with E-state index >= 15 is 0 Å². The van der Waals surface area contributed by atoms with Crippen molar-refractivity contribution in [1.82, 2.24) is 4.57 Å². The number of aliphatic imine (C=N–C) groups is 1. The summed E-state index contributed by atoms with van der Waals surface area (Å²) in [5.74, 6) is 0. The van der Waals surface area contributed by atoms with Crippen LogP contribution in [0.5, 0.6) is 0 Å². The maximum atomic E-state index is 10.9. The molecule has 0 saturated carbocycles. The number of non-ortho nitro benzene ring substituents is 1. The van der Waals surface area contributed by atoms with Gasteiger partial charge in [-0.2, -0.15) is 0 Å². The van der Waals surface area contributed by atoms with Gasteiger partial charge in [-0.25, -0.2) is 0 Å². The van der Waals surface area contributed by atoms with E-state index in [-0.39, 0.29) is 10.6 Å². The molecule has 0 spiro atoms. The van der Waals surface area contributed by atoms with Crippen LogP contribution in [-0.4, -0.2) is 15.7 Å². The number of nitro groups is 1. The first-order valence-corrected chi connectivity index (χ1v) is 9.40. The van der Waals surface area contributed by atoms with Gasteiger partial charge in [0.15, 0.2) is 0 Å². The quantitative estimate of drug-likeness (QED) is 0.315. The summed E-state index contributed by atoms with van der Waals surface area (Å²) in [4.78, 5) is 15.1. The first kappa shape index (κ1) is 19.5. The molecule has 0 aliphatic carbocycles. The van der Waals surface area contributed by atoms with E-state index in [1.54, 1.807) is 12.1 Å². The van der Waals surface area contributed by atoms with E-state index in [0.29, 0.717) is 0 Å². The molecule has 0 N–H and O–H groups in total. The van der Waals surface area contributed by atoms with E-state index in [4.69, 9.17) is 0 Å². The summed E-state index contributed by atoms with van der Waals surface area (Å²) in [5, 5.41) is 10.9. The number of nitro benzene ring substituents is 1. The summed E-state index contributed by atoms with van der Waals surface area (Å²) in [6.07, 6.45) is 2.82. The molecular weight excluding hydrogens is 350 g/mol. The van der Waals surface area contributed by atoms with Gasteiger partial charge in [-0.1, -0.05) is 25.1 Å². The predicted octanol–water partition coefficient (Wildman–Crippen LogP) is 5.93. The summed E-state index contributed by atoms with van der Waals surface area (Å²) in [6, 6.07) is 13.3. The molecule has 2 aromatic carbocycles. The number of aryl methyl sites for hydroxylation is 4. The van der Waals surface area contributed by atoms with Gasteiger partial charge in [0, 0.05) is 35.3 Å². The molecule has 28 heavy (non-hydrogen) atoms. The monoisotopic (exact) mass is 375 g/mol. The summed E-state index contributed by atoms with van der Waals surface area (Å²) >= 11 is 0. The Labute approximate surface area is 165 Å². The van der Waals surface area contributed by atoms with Crippen molar-refractivity contribution in [3.63, 3.8) is 0 Å². The average molecular weight is 375 g/mol. The van der Waals surface area contributed by atoms with Crippen LogP contribution in [0.2, 0.25) is 0 Å². The molecule has 0 aliphatic heterocycles. The highest BCUT2D eigenvalue weighted by Gasteiger charge is 2.14. The lowest BCUT2D eigenvalue weighted by Gasteiger charge is -2.17. The smallest absolute Gasteiger partial charge is 0.269 e. The van der Waals surface area contributed by atoms with Gasteiger partial charge in [-0.15, -0.1) is 0 Å². The minimum Gasteiger partial charge on any atom is -0.317 e. The van der Waals surface area contributed by atoms with Crippen LogP contribution in [0, 0.1) is 37.8 Å². The number of aromatic nitrogens is 1. The predicted molar refractivity (Wildman–Crippen MR) is 114 cm³/mol. The van der Waals surface area contributed by atoms with Crippen LogP contribution in [0.25, 0.3) is 5.69 Å². The van der Waals surface area contributed by atoms with E-state index in [9.17, 15) is 10.1 Å². The van der Waals surface area contributed by atoms with Gasteiger partial charge in [0.2, 0.25) is 0 Å². The molecule has 3 rings (SSSR count). The molecule has 0 aliphatic rings. The van der Waals surface area contributed by atoms with Gasteiger partial charge in [-0.05, 0) is 62.9 Å². The second-order valence-electron chi connectivity index (χ2n) is 7.08. The lowest BCUT2D eigenvalue weighted by molar-refractivity contribution is -0.384. The Kier molecular flexibility index (Phi) is 5.45. The second kappa shape index (κ2) is 7.80. The molecule has 0 atom stereocenters. The highest BCUT2D eigenvalue weighted by molar-refractivity contribution is 5.84. The molecule has 5 heteroatoms. The van der Waals surface area contributed by atoms with Gasteiger partial charge in [0.1, 0.15) is 0 Å². The normalized spacial score (nSPS) is 11.3. The van der Waals surface area contributed by atoms with E-state index in [1.807, 2.05) is 13.1 Å². The second-order valence-corrected chi connectivity index (χ2v) is 7.08. The SMILES string of the molecule is CCc1cccc(C)c1-n1c(C)cc(C=Nc2ccc([N+](=O)[O-])cc2C)c1C. The maximum Gasteiger partial charge on any atom is 0.269 e. The van der Waals surface area contributed by atoms with Gasteiger partial charge >= 0.3 is 0 Å². The highest BCUT2D eigenvalue weighted by atomic mass is 16.6. The van der Waals surface area contributed by atoms with Crippen molar-refractivity contribution in [1.29, 1.82) is 0 Å². The third-order valence-corrected chi connectivity index (χ3v) is 5.13. The lowest BCUT2D eigenvalue weighted by Crippen LogP contribution is -2.05. The van der Waals surface area contributed by atoms with Crippen molar-refractivity contribution in [3.05, 3.63) is 86.2 Å². The van der Waals surface area contributed by atoms with Crippen LogP contribution in [0.1, 0.15) is 40.6 Å². The summed E-state index contributed by atoms with van der Waals surface area (Å²) < 4.78 is 2.29. The van der Waals surface area contributed by atoms with Crippen LogP contribution in [-0.2, 0) is 6.42 Å². The van der Waals surface area contributed by atoms with Crippen molar-refractivity contribution >= 4 is 17.6 Å². The Morgan fingerprint density at radius 1 is 1.07 bits per heavy atom. The van der Waals surface area contributed by atoms with Crippen LogP contribution in [0.3, 0.4) is 0 Å². The Hall–Kier alpha value is -3.21. The number of rotatable bonds is 5. The zero-order valence-electron chi connectivity index (χ0n) is 17.0. The topological polar surface area (TPSA) is 60.4 Å². The molecule has 0 fully saturated rings. The van der Waals surface area contributed by atoms with Crippen LogP contribution >= 0.6 is 0 Å². The van der Waals surface area contributed by atoms with Crippen molar-refractivity contribution in [3.8, 4) is 5.69 Å². The summed E-state index contributed by atoms with van der Waals surface area (Å²) in [6.45, 7) is 10.4. The van der Waals surface area contributed by atoms with Crippen molar-refractivity contribution in [2.24, 2.45) is 4.99 Å². The number of hydrogen-bond donors (Lipinski definition) is 0. The van der Waals surface area contributed by atoms with Gasteiger partial charge in [0.25, 0.3) is 5.69 Å². The van der Waals surface area contributed by atoms with E-state index in [2.05, 4.69) is 61.5 Å². The molecule has 3 aromatic rings. The van der Waals surface area contributed by atoms with Crippen LogP contribution < -0.4 is 0 Å². The minimum absolute atomic E-state index is 0.0845. The molecular formula is C23H25N3O2. The molecule has 144 valence electrons. The fourth-order valence-corrected chi connectivity index (χ4v) is 3.62. The number of para-hydroxylation sites is 1. The molecule has 0 saturated heterocycles. The highest BCUT2D eigenvalue weighted by Crippen LogP contribution is 2.27. The summed E-state index contributed by atoms with van der Waals surface area (Å²) in [7, 11) is 0. The maximum absolute atomic E-state index is 10.9. The fraction of sp³-hybridized carbons (Fsp3) is 0.261. The number of nitrogens with zero attached hydrogens (tertiary/aromatic N) is 3. The third-order valence-electron chi connectivity index (χ3n) is 5.13. The number of hydrogen-bond acceptors (Lipinski definition) is 3. The summed E-state index contributed by atoms with van der Waals surface area (Å²) in [5.41, 5.74) is 8.74. The van der Waals surface area contributed by atoms with Crippen molar-refractivity contribution in [2.75, 3.05) is 0 Å². The van der Waals surface area contributed by atoms with Gasteiger partial charge < -0.3 is 4.57 Å². The standard InChI is InChI=1S/C23H25N3O2/c1-6-19-9-7-8-15(2)23(19)25-17(4)13-20(18(25)5)14-24-22-11-10-21(26(27)28)12-16(22)3/h7-14H,6H2,1-5H3. The molecule has 0 amide bonds. The first-order valence-electron chi connectivity index (χ1n) is 9.40. The molecule has 0 radical (unpaired) electrons. The zero-order chi connectivity index (χ0) is 20.4. The Balaban J connectivity index is 2.02. The first-order chi connectivity index (χ1) is 13.3. The Morgan fingerprint density at radius 3 is 2.46 bits per heavy atom. The molecule has 5 nitrogen and oxygen atoms in total. The van der Waals surface area contributed by atoms with Crippen molar-refractivity contribution in [2.45, 2.75) is 41.0 Å². The van der Waals surface area contributed by atoms with E-state index in [1.165, 1.54) is 22.9 Å². The molecule has 0 unspecified atom stereocenters. The van der Waals surface area contributed by atoms with Crippen LogP contribution in [0.15, 0.2) is 47.5 Å². The minimum atomic E-state index is -0.387. The third kappa shape index (κ3) is 3.60. The average Bonchev–Trinajstić information content (AvgIpc) is 2.94. The van der Waals surface area contributed by atoms with E-state index < -0.39 is 0 Å². The molecule has 0 bridgehead atoms. The van der Waals surface area contributed by atoms with Crippen molar-refractivity contribution < 1.29 is 4.92 Å². The Bertz CT molecular complexity index is 1080. The molecule has 1 aromatic heterocycles. The Morgan fingerprint density at radius 2 is 1.82 bits per heavy atom. The zero-order valence-corrected chi connectivity index (χ0v) is 17.0. The largest absolute Gasteiger partial charge is 0.317 e. The lowest BCUT2D eigenvalue weighted by atomic mass is 10.1. The molecule has 1 heterocycles.